The van der Waals surface area contributed by atoms with Crippen LogP contribution in [-0.4, -0.2) is 18.2 Å². The second kappa shape index (κ2) is 3.79. The first kappa shape index (κ1) is 8.57. The molecule has 2 rings (SSSR count). The quantitative estimate of drug-likeness (QED) is 0.686. The van der Waals surface area contributed by atoms with Crippen molar-refractivity contribution in [1.82, 2.24) is 5.32 Å². The monoisotopic (exact) mass is 177 g/mol. The summed E-state index contributed by atoms with van der Waals surface area (Å²) >= 11 is 0. The van der Waals surface area contributed by atoms with Crippen LogP contribution in [0.3, 0.4) is 0 Å². The van der Waals surface area contributed by atoms with Crippen molar-refractivity contribution in [3.8, 4) is 5.75 Å². The van der Waals surface area contributed by atoms with E-state index in [4.69, 9.17) is 5.11 Å². The van der Waals surface area contributed by atoms with Gasteiger partial charge in [-0.1, -0.05) is 12.1 Å². The van der Waals surface area contributed by atoms with E-state index in [-0.39, 0.29) is 0 Å². The van der Waals surface area contributed by atoms with E-state index in [9.17, 15) is 0 Å². The van der Waals surface area contributed by atoms with Gasteiger partial charge in [-0.25, -0.2) is 0 Å². The molecule has 0 spiro atoms. The second-order valence-corrected chi connectivity index (χ2v) is 3.63. The highest BCUT2D eigenvalue weighted by atomic mass is 16.3. The van der Waals surface area contributed by atoms with Gasteiger partial charge in [-0.05, 0) is 43.0 Å². The minimum atomic E-state index is 0.354. The predicted molar refractivity (Wildman–Crippen MR) is 53.0 cm³/mol. The van der Waals surface area contributed by atoms with E-state index in [1.165, 1.54) is 18.4 Å². The van der Waals surface area contributed by atoms with E-state index in [1.54, 1.807) is 12.1 Å². The molecule has 0 unspecified atom stereocenters. The van der Waals surface area contributed by atoms with E-state index in [0.717, 1.165) is 13.1 Å². The molecule has 1 saturated heterocycles. The molecule has 2 N–H and O–H groups in total. The molecule has 1 atom stereocenters. The van der Waals surface area contributed by atoms with Gasteiger partial charge in [0.2, 0.25) is 0 Å². The predicted octanol–water partition coefficient (Wildman–Crippen LogP) is 1.86. The van der Waals surface area contributed by atoms with Crippen molar-refractivity contribution in [2.45, 2.75) is 18.8 Å². The van der Waals surface area contributed by atoms with Crippen LogP contribution in [-0.2, 0) is 0 Å². The molecule has 1 aromatic carbocycles. The van der Waals surface area contributed by atoms with Crippen LogP contribution in [0.15, 0.2) is 24.3 Å². The van der Waals surface area contributed by atoms with Crippen LogP contribution < -0.4 is 5.32 Å². The summed E-state index contributed by atoms with van der Waals surface area (Å²) in [5, 5.41) is 12.5. The summed E-state index contributed by atoms with van der Waals surface area (Å²) in [6.45, 7) is 2.22. The number of hydrogen-bond donors (Lipinski definition) is 2. The fraction of sp³-hybridized carbons (Fsp3) is 0.455. The topological polar surface area (TPSA) is 32.3 Å². The van der Waals surface area contributed by atoms with E-state index < -0.39 is 0 Å². The third-order valence-corrected chi connectivity index (χ3v) is 2.66. The molecule has 0 aromatic heterocycles. The summed E-state index contributed by atoms with van der Waals surface area (Å²) in [5.41, 5.74) is 1.34. The molecule has 1 aliphatic heterocycles. The molecule has 0 amide bonds. The maximum absolute atomic E-state index is 9.14. The molecule has 0 aliphatic carbocycles. The number of hydrogen-bond acceptors (Lipinski definition) is 2. The lowest BCUT2D eigenvalue weighted by Crippen LogP contribution is -2.28. The zero-order valence-corrected chi connectivity index (χ0v) is 7.66. The van der Waals surface area contributed by atoms with Gasteiger partial charge in [-0.3, -0.25) is 0 Å². The molecule has 70 valence electrons. The van der Waals surface area contributed by atoms with E-state index in [0.29, 0.717) is 11.7 Å². The zero-order chi connectivity index (χ0) is 9.10. The van der Waals surface area contributed by atoms with Crippen LogP contribution in [0.2, 0.25) is 0 Å². The normalized spacial score (nSPS) is 22.9. The minimum Gasteiger partial charge on any atom is -0.508 e. The van der Waals surface area contributed by atoms with Crippen LogP contribution in [0.4, 0.5) is 0 Å². The van der Waals surface area contributed by atoms with Crippen molar-refractivity contribution in [2.24, 2.45) is 0 Å². The molecule has 0 radical (unpaired) electrons. The van der Waals surface area contributed by atoms with Gasteiger partial charge in [0.05, 0.1) is 0 Å². The minimum absolute atomic E-state index is 0.354. The highest BCUT2D eigenvalue weighted by molar-refractivity contribution is 5.28. The van der Waals surface area contributed by atoms with Crippen molar-refractivity contribution >= 4 is 0 Å². The highest BCUT2D eigenvalue weighted by Gasteiger charge is 2.14. The lowest BCUT2D eigenvalue weighted by molar-refractivity contribution is 0.458. The van der Waals surface area contributed by atoms with Crippen molar-refractivity contribution in [2.75, 3.05) is 13.1 Å². The van der Waals surface area contributed by atoms with E-state index >= 15 is 0 Å². The SMILES string of the molecule is Oc1ccc([C@@H]2CCCNC2)cc1. The lowest BCUT2D eigenvalue weighted by atomic mass is 9.92. The molecular formula is C11H15NO. The van der Waals surface area contributed by atoms with Crippen molar-refractivity contribution in [3.05, 3.63) is 29.8 Å². The average molecular weight is 177 g/mol. The maximum Gasteiger partial charge on any atom is 0.115 e. The number of phenols is 1. The number of aromatic hydroxyl groups is 1. The number of rotatable bonds is 1. The van der Waals surface area contributed by atoms with E-state index in [1.807, 2.05) is 12.1 Å². The van der Waals surface area contributed by atoms with E-state index in [2.05, 4.69) is 5.32 Å². The van der Waals surface area contributed by atoms with Gasteiger partial charge < -0.3 is 10.4 Å². The molecule has 1 heterocycles. The molecule has 1 aromatic rings. The third-order valence-electron chi connectivity index (χ3n) is 2.66. The first-order valence-electron chi connectivity index (χ1n) is 4.86. The Kier molecular flexibility index (Phi) is 2.50. The largest absolute Gasteiger partial charge is 0.508 e. The number of benzene rings is 1. The molecule has 2 heteroatoms. The maximum atomic E-state index is 9.14. The summed E-state index contributed by atoms with van der Waals surface area (Å²) in [6.07, 6.45) is 2.52. The fourth-order valence-electron chi connectivity index (χ4n) is 1.88. The first-order chi connectivity index (χ1) is 6.36. The standard InChI is InChI=1S/C11H15NO/c13-11-5-3-9(4-6-11)10-2-1-7-12-8-10/h3-6,10,12-13H,1-2,7-8H2/t10-/m1/s1. The number of phenolic OH excluding ortho intramolecular Hbond substituents is 1. The average Bonchev–Trinajstić information content (AvgIpc) is 2.20. The number of nitrogens with one attached hydrogen (secondary N) is 1. The van der Waals surface area contributed by atoms with Gasteiger partial charge in [0.1, 0.15) is 5.75 Å². The summed E-state index contributed by atoms with van der Waals surface area (Å²) < 4.78 is 0. The van der Waals surface area contributed by atoms with Gasteiger partial charge in [0.15, 0.2) is 0 Å². The molecule has 13 heavy (non-hydrogen) atoms. The van der Waals surface area contributed by atoms with Crippen LogP contribution >= 0.6 is 0 Å². The third kappa shape index (κ3) is 2.01. The Morgan fingerprint density at radius 1 is 1.23 bits per heavy atom. The summed E-state index contributed by atoms with van der Waals surface area (Å²) in [4.78, 5) is 0. The Labute approximate surface area is 78.6 Å². The second-order valence-electron chi connectivity index (χ2n) is 3.63. The molecule has 1 fully saturated rings. The fourth-order valence-corrected chi connectivity index (χ4v) is 1.88. The van der Waals surface area contributed by atoms with Crippen LogP contribution in [0, 0.1) is 0 Å². The summed E-state index contributed by atoms with van der Waals surface area (Å²) in [5.74, 6) is 0.988. The molecule has 2 nitrogen and oxygen atoms in total. The Balaban J connectivity index is 2.10. The molecule has 0 bridgehead atoms. The van der Waals surface area contributed by atoms with Gasteiger partial charge in [-0.2, -0.15) is 0 Å². The smallest absolute Gasteiger partial charge is 0.115 e. The Hall–Kier alpha value is -1.02. The van der Waals surface area contributed by atoms with Crippen molar-refractivity contribution in [1.29, 1.82) is 0 Å². The van der Waals surface area contributed by atoms with Crippen molar-refractivity contribution < 1.29 is 5.11 Å². The zero-order valence-electron chi connectivity index (χ0n) is 7.66. The highest BCUT2D eigenvalue weighted by Crippen LogP contribution is 2.24. The molecule has 1 aliphatic rings. The Bertz CT molecular complexity index is 262. The van der Waals surface area contributed by atoms with Gasteiger partial charge in [0.25, 0.3) is 0 Å². The Morgan fingerprint density at radius 2 is 2.00 bits per heavy atom. The van der Waals surface area contributed by atoms with Crippen LogP contribution in [0.1, 0.15) is 24.3 Å². The van der Waals surface area contributed by atoms with Crippen LogP contribution in [0.5, 0.6) is 5.75 Å². The molecule has 0 saturated carbocycles. The van der Waals surface area contributed by atoms with Gasteiger partial charge in [-0.15, -0.1) is 0 Å². The first-order valence-corrected chi connectivity index (χ1v) is 4.86. The number of piperidine rings is 1. The van der Waals surface area contributed by atoms with Gasteiger partial charge >= 0.3 is 0 Å². The molecular weight excluding hydrogens is 162 g/mol. The van der Waals surface area contributed by atoms with Crippen LogP contribution in [0.25, 0.3) is 0 Å². The van der Waals surface area contributed by atoms with Crippen molar-refractivity contribution in [3.63, 3.8) is 0 Å². The summed E-state index contributed by atoms with van der Waals surface area (Å²) in [7, 11) is 0. The Morgan fingerprint density at radius 3 is 2.62 bits per heavy atom. The lowest BCUT2D eigenvalue weighted by Gasteiger charge is -2.22. The van der Waals surface area contributed by atoms with Gasteiger partial charge in [0, 0.05) is 6.54 Å². The summed E-state index contributed by atoms with van der Waals surface area (Å²) in [6, 6.07) is 7.58.